The predicted molar refractivity (Wildman–Crippen MR) is 99.8 cm³/mol. The van der Waals surface area contributed by atoms with Crippen LogP contribution >= 0.6 is 0 Å². The molecule has 0 aliphatic rings. The van der Waals surface area contributed by atoms with Gasteiger partial charge in [-0.05, 0) is 30.2 Å². The van der Waals surface area contributed by atoms with Gasteiger partial charge in [-0.1, -0.05) is 66.7 Å². The van der Waals surface area contributed by atoms with Crippen molar-refractivity contribution in [3.05, 3.63) is 96.1 Å². The maximum absolute atomic E-state index is 12.4. The molecule has 0 spiro atoms. The monoisotopic (exact) mass is 336 g/mol. The maximum atomic E-state index is 12.4. The second-order valence-electron chi connectivity index (χ2n) is 5.55. The van der Waals surface area contributed by atoms with Crippen molar-refractivity contribution < 1.29 is 8.95 Å². The highest BCUT2D eigenvalue weighted by atomic mass is 32.2. The molecule has 3 rings (SSSR count). The molecule has 3 aromatic carbocycles. The minimum Gasteiger partial charge on any atom is -0.457 e. The highest BCUT2D eigenvalue weighted by Crippen LogP contribution is 2.26. The topological polar surface area (TPSA) is 26.3 Å². The fourth-order valence-electron chi connectivity index (χ4n) is 2.46. The first-order valence-electron chi connectivity index (χ1n) is 8.01. The lowest BCUT2D eigenvalue weighted by Gasteiger charge is -2.11. The zero-order valence-corrected chi connectivity index (χ0v) is 14.2. The van der Waals surface area contributed by atoms with Gasteiger partial charge in [-0.15, -0.1) is 0 Å². The number of rotatable bonds is 7. The van der Waals surface area contributed by atoms with Gasteiger partial charge in [0, 0.05) is 22.1 Å². The van der Waals surface area contributed by atoms with Crippen LogP contribution in [0.15, 0.2) is 84.9 Å². The standard InChI is InChI=1S/C21H20O2S/c22-24(16-15-18-9-3-1-4-10-18)17-19-11-7-8-14-21(19)23-20-12-5-2-6-13-20/h1-14H,15-17H2/t24-/m0/s1. The van der Waals surface area contributed by atoms with Crippen LogP contribution in [0.4, 0.5) is 0 Å². The first-order chi connectivity index (χ1) is 11.8. The third kappa shape index (κ3) is 4.80. The first-order valence-corrected chi connectivity index (χ1v) is 9.50. The second kappa shape index (κ2) is 8.46. The van der Waals surface area contributed by atoms with Gasteiger partial charge in [0.1, 0.15) is 11.5 Å². The lowest BCUT2D eigenvalue weighted by Crippen LogP contribution is -2.05. The van der Waals surface area contributed by atoms with E-state index in [-0.39, 0.29) is 0 Å². The molecule has 0 amide bonds. The number of benzene rings is 3. The molecule has 0 aliphatic carbocycles. The van der Waals surface area contributed by atoms with Gasteiger partial charge in [0.15, 0.2) is 0 Å². The van der Waals surface area contributed by atoms with E-state index in [2.05, 4.69) is 12.1 Å². The summed E-state index contributed by atoms with van der Waals surface area (Å²) >= 11 is 0. The molecule has 1 atom stereocenters. The van der Waals surface area contributed by atoms with Gasteiger partial charge in [0.05, 0.1) is 5.75 Å². The molecule has 0 saturated carbocycles. The van der Waals surface area contributed by atoms with Gasteiger partial charge >= 0.3 is 0 Å². The third-order valence-corrected chi connectivity index (χ3v) is 5.01. The molecule has 0 N–H and O–H groups in total. The Bertz CT molecular complexity index is 785. The summed E-state index contributed by atoms with van der Waals surface area (Å²) in [5.41, 5.74) is 2.20. The summed E-state index contributed by atoms with van der Waals surface area (Å²) in [5.74, 6) is 2.73. The molecule has 0 aliphatic heterocycles. The second-order valence-corrected chi connectivity index (χ2v) is 7.12. The van der Waals surface area contributed by atoms with Crippen molar-refractivity contribution in [1.82, 2.24) is 0 Å². The lowest BCUT2D eigenvalue weighted by molar-refractivity contribution is 0.478. The van der Waals surface area contributed by atoms with Gasteiger partial charge in [-0.3, -0.25) is 4.21 Å². The summed E-state index contributed by atoms with van der Waals surface area (Å²) in [4.78, 5) is 0. The van der Waals surface area contributed by atoms with E-state index in [9.17, 15) is 4.21 Å². The van der Waals surface area contributed by atoms with Gasteiger partial charge < -0.3 is 4.74 Å². The average molecular weight is 336 g/mol. The van der Waals surface area contributed by atoms with Crippen molar-refractivity contribution in [2.45, 2.75) is 12.2 Å². The van der Waals surface area contributed by atoms with E-state index in [0.717, 1.165) is 23.5 Å². The molecule has 0 saturated heterocycles. The summed E-state index contributed by atoms with van der Waals surface area (Å²) in [7, 11) is -0.920. The molecule has 0 radical (unpaired) electrons. The van der Waals surface area contributed by atoms with Gasteiger partial charge in [0.25, 0.3) is 0 Å². The molecule has 0 heterocycles. The number of hydrogen-bond acceptors (Lipinski definition) is 2. The van der Waals surface area contributed by atoms with Crippen LogP contribution in [0.5, 0.6) is 11.5 Å². The number of ether oxygens (including phenoxy) is 1. The van der Waals surface area contributed by atoms with Crippen molar-refractivity contribution in [2.24, 2.45) is 0 Å². The van der Waals surface area contributed by atoms with Gasteiger partial charge in [0.2, 0.25) is 0 Å². The van der Waals surface area contributed by atoms with Gasteiger partial charge in [-0.2, -0.15) is 0 Å². The SMILES string of the molecule is O=[S@@](CCc1ccccc1)Cc1ccccc1Oc1ccccc1. The van der Waals surface area contributed by atoms with E-state index >= 15 is 0 Å². The fraction of sp³-hybridized carbons (Fsp3) is 0.143. The van der Waals surface area contributed by atoms with Crippen LogP contribution < -0.4 is 4.74 Å². The highest BCUT2D eigenvalue weighted by molar-refractivity contribution is 7.84. The molecule has 2 nitrogen and oxygen atoms in total. The molecular formula is C21H20O2S. The van der Waals surface area contributed by atoms with Crippen LogP contribution in [0.1, 0.15) is 11.1 Å². The van der Waals surface area contributed by atoms with Crippen LogP contribution in [-0.2, 0) is 23.0 Å². The molecule has 0 fully saturated rings. The molecule has 122 valence electrons. The Kier molecular flexibility index (Phi) is 5.80. The van der Waals surface area contributed by atoms with E-state index in [0.29, 0.717) is 11.5 Å². The Hall–Kier alpha value is -2.39. The van der Waals surface area contributed by atoms with E-state index < -0.39 is 10.8 Å². The molecule has 0 unspecified atom stereocenters. The zero-order chi connectivity index (χ0) is 16.6. The lowest BCUT2D eigenvalue weighted by atomic mass is 10.2. The summed E-state index contributed by atoms with van der Waals surface area (Å²) in [6.45, 7) is 0. The summed E-state index contributed by atoms with van der Waals surface area (Å²) in [6, 6.07) is 27.7. The Morgan fingerprint density at radius 2 is 1.38 bits per heavy atom. The van der Waals surface area contributed by atoms with Crippen LogP contribution in [0, 0.1) is 0 Å². The molecular weight excluding hydrogens is 316 g/mol. The Morgan fingerprint density at radius 3 is 2.12 bits per heavy atom. The average Bonchev–Trinajstić information content (AvgIpc) is 2.63. The number of aryl methyl sites for hydroxylation is 1. The van der Waals surface area contributed by atoms with Crippen LogP contribution in [0.3, 0.4) is 0 Å². The van der Waals surface area contributed by atoms with E-state index in [1.165, 1.54) is 5.56 Å². The first kappa shape index (κ1) is 16.5. The van der Waals surface area contributed by atoms with Crippen LogP contribution in [0.2, 0.25) is 0 Å². The maximum Gasteiger partial charge on any atom is 0.131 e. The van der Waals surface area contributed by atoms with E-state index in [1.807, 2.05) is 72.8 Å². The highest BCUT2D eigenvalue weighted by Gasteiger charge is 2.09. The van der Waals surface area contributed by atoms with Crippen LogP contribution in [-0.4, -0.2) is 9.96 Å². The predicted octanol–water partition coefficient (Wildman–Crippen LogP) is 4.97. The molecule has 0 bridgehead atoms. The van der Waals surface area contributed by atoms with Gasteiger partial charge in [-0.25, -0.2) is 0 Å². The van der Waals surface area contributed by atoms with Crippen molar-refractivity contribution in [3.8, 4) is 11.5 Å². The minimum atomic E-state index is -0.920. The summed E-state index contributed by atoms with van der Waals surface area (Å²) < 4.78 is 18.4. The van der Waals surface area contributed by atoms with Crippen molar-refractivity contribution in [2.75, 3.05) is 5.75 Å². The smallest absolute Gasteiger partial charge is 0.131 e. The Balaban J connectivity index is 1.63. The third-order valence-electron chi connectivity index (χ3n) is 3.72. The normalized spacial score (nSPS) is 11.8. The van der Waals surface area contributed by atoms with Crippen LogP contribution in [0.25, 0.3) is 0 Å². The summed E-state index contributed by atoms with van der Waals surface area (Å²) in [6.07, 6.45) is 0.829. The van der Waals surface area contributed by atoms with E-state index in [1.54, 1.807) is 0 Å². The number of para-hydroxylation sites is 2. The van der Waals surface area contributed by atoms with Crippen molar-refractivity contribution >= 4 is 10.8 Å². The molecule has 3 heteroatoms. The van der Waals surface area contributed by atoms with Crippen molar-refractivity contribution in [1.29, 1.82) is 0 Å². The fourth-order valence-corrected chi connectivity index (χ4v) is 3.65. The quantitative estimate of drug-likeness (QED) is 0.609. The largest absolute Gasteiger partial charge is 0.457 e. The molecule has 0 aromatic heterocycles. The molecule has 3 aromatic rings. The number of hydrogen-bond donors (Lipinski definition) is 0. The summed E-state index contributed by atoms with van der Waals surface area (Å²) in [5, 5.41) is 0. The minimum absolute atomic E-state index is 0.510. The Morgan fingerprint density at radius 1 is 0.750 bits per heavy atom. The zero-order valence-electron chi connectivity index (χ0n) is 13.4. The van der Waals surface area contributed by atoms with Crippen molar-refractivity contribution in [3.63, 3.8) is 0 Å². The Labute approximate surface area is 145 Å². The van der Waals surface area contributed by atoms with E-state index in [4.69, 9.17) is 4.74 Å². The molecule has 24 heavy (non-hydrogen) atoms.